The number of nitrogen functional groups attached to an aromatic ring is 1. The van der Waals surface area contributed by atoms with Crippen LogP contribution in [-0.4, -0.2) is 38.0 Å². The lowest BCUT2D eigenvalue weighted by Crippen LogP contribution is -2.36. The molecule has 0 saturated carbocycles. The molecule has 0 aliphatic heterocycles. The number of furan rings is 1. The maximum atomic E-state index is 12.6. The van der Waals surface area contributed by atoms with Gasteiger partial charge in [0, 0.05) is 18.2 Å². The number of hydrogen-bond acceptors (Lipinski definition) is 5. The van der Waals surface area contributed by atoms with Gasteiger partial charge in [0.25, 0.3) is 5.91 Å². The second-order valence-electron chi connectivity index (χ2n) is 5.57. The molecule has 0 saturated heterocycles. The predicted octanol–water partition coefficient (Wildman–Crippen LogP) is 2.44. The summed E-state index contributed by atoms with van der Waals surface area (Å²) >= 11 is 0. The minimum atomic E-state index is -0.0652. The molecule has 0 spiro atoms. The van der Waals surface area contributed by atoms with E-state index >= 15 is 0 Å². The smallest absolute Gasteiger partial charge is 0.254 e. The lowest BCUT2D eigenvalue weighted by molar-refractivity contribution is 0.0717. The van der Waals surface area contributed by atoms with Crippen molar-refractivity contribution in [1.82, 2.24) is 19.5 Å². The summed E-state index contributed by atoms with van der Waals surface area (Å²) in [5, 5.41) is 4.35. The fourth-order valence-electron chi connectivity index (χ4n) is 2.56. The molecule has 3 heterocycles. The van der Waals surface area contributed by atoms with Gasteiger partial charge in [-0.05, 0) is 39.0 Å². The van der Waals surface area contributed by atoms with Crippen molar-refractivity contribution in [2.45, 2.75) is 26.8 Å². The van der Waals surface area contributed by atoms with Crippen molar-refractivity contribution in [3.63, 3.8) is 0 Å². The average molecular weight is 313 g/mol. The van der Waals surface area contributed by atoms with E-state index in [9.17, 15) is 4.79 Å². The Kier molecular flexibility index (Phi) is 3.77. The van der Waals surface area contributed by atoms with Gasteiger partial charge in [0.15, 0.2) is 11.5 Å². The molecule has 3 aromatic heterocycles. The third kappa shape index (κ3) is 2.65. The van der Waals surface area contributed by atoms with E-state index in [4.69, 9.17) is 10.2 Å². The quantitative estimate of drug-likeness (QED) is 0.799. The zero-order valence-corrected chi connectivity index (χ0v) is 13.4. The number of fused-ring (bicyclic) bond motifs is 1. The third-order valence-corrected chi connectivity index (χ3v) is 3.72. The van der Waals surface area contributed by atoms with E-state index in [0.717, 1.165) is 5.56 Å². The van der Waals surface area contributed by atoms with Gasteiger partial charge < -0.3 is 15.1 Å². The fourth-order valence-corrected chi connectivity index (χ4v) is 2.56. The van der Waals surface area contributed by atoms with E-state index in [0.29, 0.717) is 29.4 Å². The monoisotopic (exact) mass is 313 g/mol. The molecule has 120 valence electrons. The summed E-state index contributed by atoms with van der Waals surface area (Å²) in [4.78, 5) is 18.9. The summed E-state index contributed by atoms with van der Waals surface area (Å²) in [6, 6.07) is 5.23. The van der Waals surface area contributed by atoms with Gasteiger partial charge in [0.05, 0.1) is 11.8 Å². The standard InChI is InChI=1S/C16H19N5O2/c1-4-20(10(2)3)16(22)12-7-13(17)21-14(8-12)18-15(19-21)11-5-6-23-9-11/h5-10H,4,17H2,1-3H3. The van der Waals surface area contributed by atoms with Crippen LogP contribution in [0.3, 0.4) is 0 Å². The molecule has 1 amide bonds. The van der Waals surface area contributed by atoms with E-state index in [2.05, 4.69) is 10.1 Å². The van der Waals surface area contributed by atoms with Gasteiger partial charge in [0.1, 0.15) is 12.1 Å². The van der Waals surface area contributed by atoms with Crippen LogP contribution in [0.15, 0.2) is 35.1 Å². The molecule has 23 heavy (non-hydrogen) atoms. The van der Waals surface area contributed by atoms with E-state index in [1.165, 1.54) is 4.52 Å². The van der Waals surface area contributed by atoms with Crippen LogP contribution in [0.1, 0.15) is 31.1 Å². The maximum absolute atomic E-state index is 12.6. The summed E-state index contributed by atoms with van der Waals surface area (Å²) in [6.07, 6.45) is 3.12. The molecule has 3 aromatic rings. The summed E-state index contributed by atoms with van der Waals surface area (Å²) in [5.41, 5.74) is 7.85. The fraction of sp³-hybridized carbons (Fsp3) is 0.312. The van der Waals surface area contributed by atoms with Gasteiger partial charge in [-0.2, -0.15) is 4.52 Å². The van der Waals surface area contributed by atoms with Crippen LogP contribution in [0.5, 0.6) is 0 Å². The van der Waals surface area contributed by atoms with Crippen LogP contribution in [-0.2, 0) is 0 Å². The molecular formula is C16H19N5O2. The van der Waals surface area contributed by atoms with Crippen molar-refractivity contribution in [3.05, 3.63) is 36.3 Å². The molecule has 0 fully saturated rings. The first kappa shape index (κ1) is 15.1. The zero-order valence-electron chi connectivity index (χ0n) is 13.4. The highest BCUT2D eigenvalue weighted by Crippen LogP contribution is 2.20. The first-order chi connectivity index (χ1) is 11.0. The second kappa shape index (κ2) is 5.75. The number of hydrogen-bond donors (Lipinski definition) is 1. The van der Waals surface area contributed by atoms with E-state index in [-0.39, 0.29) is 11.9 Å². The Morgan fingerprint density at radius 1 is 1.43 bits per heavy atom. The molecule has 0 atom stereocenters. The molecule has 2 N–H and O–H groups in total. The van der Waals surface area contributed by atoms with Crippen LogP contribution in [0, 0.1) is 0 Å². The molecule has 7 nitrogen and oxygen atoms in total. The second-order valence-corrected chi connectivity index (χ2v) is 5.57. The Labute approximate surface area is 133 Å². The Bertz CT molecular complexity index is 836. The molecule has 0 aliphatic carbocycles. The molecule has 3 rings (SSSR count). The maximum Gasteiger partial charge on any atom is 0.254 e. The van der Waals surface area contributed by atoms with E-state index in [1.807, 2.05) is 20.8 Å². The average Bonchev–Trinajstić information content (AvgIpc) is 3.16. The molecule has 0 aliphatic rings. The summed E-state index contributed by atoms with van der Waals surface area (Å²) in [7, 11) is 0. The van der Waals surface area contributed by atoms with Gasteiger partial charge in [-0.15, -0.1) is 5.10 Å². The number of rotatable bonds is 4. The Morgan fingerprint density at radius 3 is 2.83 bits per heavy atom. The van der Waals surface area contributed by atoms with Gasteiger partial charge in [0.2, 0.25) is 0 Å². The van der Waals surface area contributed by atoms with Gasteiger partial charge in [-0.1, -0.05) is 0 Å². The predicted molar refractivity (Wildman–Crippen MR) is 86.9 cm³/mol. The number of aromatic nitrogens is 3. The molecule has 0 unspecified atom stereocenters. The molecule has 0 radical (unpaired) electrons. The Morgan fingerprint density at radius 2 is 2.22 bits per heavy atom. The molecule has 7 heteroatoms. The Hall–Kier alpha value is -2.83. The van der Waals surface area contributed by atoms with Crippen LogP contribution in [0.2, 0.25) is 0 Å². The van der Waals surface area contributed by atoms with E-state index < -0.39 is 0 Å². The number of nitrogens with two attached hydrogens (primary N) is 1. The molecule has 0 aromatic carbocycles. The highest BCUT2D eigenvalue weighted by Gasteiger charge is 2.19. The largest absolute Gasteiger partial charge is 0.472 e. The van der Waals surface area contributed by atoms with Crippen molar-refractivity contribution in [1.29, 1.82) is 0 Å². The SMILES string of the molecule is CCN(C(=O)c1cc(N)n2nc(-c3ccoc3)nc2c1)C(C)C. The number of nitrogens with zero attached hydrogens (tertiary/aromatic N) is 4. The summed E-state index contributed by atoms with van der Waals surface area (Å²) in [6.45, 7) is 6.55. The van der Waals surface area contributed by atoms with Crippen molar-refractivity contribution in [2.24, 2.45) is 0 Å². The lowest BCUT2D eigenvalue weighted by Gasteiger charge is -2.25. The van der Waals surface area contributed by atoms with Crippen molar-refractivity contribution >= 4 is 17.4 Å². The summed E-state index contributed by atoms with van der Waals surface area (Å²) < 4.78 is 6.57. The lowest BCUT2D eigenvalue weighted by atomic mass is 10.2. The van der Waals surface area contributed by atoms with Crippen LogP contribution >= 0.6 is 0 Å². The topological polar surface area (TPSA) is 89.7 Å². The van der Waals surface area contributed by atoms with Crippen molar-refractivity contribution in [2.75, 3.05) is 12.3 Å². The number of anilines is 1. The minimum absolute atomic E-state index is 0.0652. The number of amides is 1. The normalized spacial score (nSPS) is 11.3. The van der Waals surface area contributed by atoms with Gasteiger partial charge >= 0.3 is 0 Å². The van der Waals surface area contributed by atoms with Gasteiger partial charge in [-0.3, -0.25) is 4.79 Å². The highest BCUT2D eigenvalue weighted by atomic mass is 16.3. The van der Waals surface area contributed by atoms with Crippen LogP contribution in [0.25, 0.3) is 17.0 Å². The molecular weight excluding hydrogens is 294 g/mol. The minimum Gasteiger partial charge on any atom is -0.472 e. The van der Waals surface area contributed by atoms with Crippen molar-refractivity contribution < 1.29 is 9.21 Å². The summed E-state index contributed by atoms with van der Waals surface area (Å²) in [5.74, 6) is 0.809. The van der Waals surface area contributed by atoms with E-state index in [1.54, 1.807) is 35.6 Å². The van der Waals surface area contributed by atoms with Crippen LogP contribution < -0.4 is 5.73 Å². The highest BCUT2D eigenvalue weighted by molar-refractivity contribution is 5.96. The first-order valence-corrected chi connectivity index (χ1v) is 7.51. The zero-order chi connectivity index (χ0) is 16.6. The first-order valence-electron chi connectivity index (χ1n) is 7.51. The van der Waals surface area contributed by atoms with Crippen molar-refractivity contribution in [3.8, 4) is 11.4 Å². The third-order valence-electron chi connectivity index (χ3n) is 3.72. The Balaban J connectivity index is 2.05. The van der Waals surface area contributed by atoms with Gasteiger partial charge in [-0.25, -0.2) is 4.98 Å². The number of carbonyl (C=O) groups is 1. The molecule has 0 bridgehead atoms. The van der Waals surface area contributed by atoms with Crippen LogP contribution in [0.4, 0.5) is 5.82 Å². The number of carbonyl (C=O) groups excluding carboxylic acids is 1. The number of pyridine rings is 1.